The zero-order chi connectivity index (χ0) is 13.8. The van der Waals surface area contributed by atoms with Gasteiger partial charge in [-0.3, -0.25) is 4.79 Å². The number of amides is 1. The van der Waals surface area contributed by atoms with Crippen LogP contribution in [0, 0.1) is 0 Å². The largest absolute Gasteiger partial charge is 0.496 e. The average Bonchev–Trinajstić information content (AvgIpc) is 2.86. The standard InChI is InChI=1S/C14H18BrNO3/c1-18-11-5-4-10(8-11)16-14(17)9-3-6-13(19-2)12(15)7-9/h3,6-7,10-11H,4-5,8H2,1-2H3,(H,16,17). The van der Waals surface area contributed by atoms with E-state index in [9.17, 15) is 4.79 Å². The van der Waals surface area contributed by atoms with Crippen molar-refractivity contribution in [1.29, 1.82) is 0 Å². The van der Waals surface area contributed by atoms with Gasteiger partial charge in [0.25, 0.3) is 5.91 Å². The van der Waals surface area contributed by atoms with E-state index >= 15 is 0 Å². The van der Waals surface area contributed by atoms with Crippen molar-refractivity contribution in [2.75, 3.05) is 14.2 Å². The number of hydrogen-bond acceptors (Lipinski definition) is 3. The van der Waals surface area contributed by atoms with Gasteiger partial charge in [-0.1, -0.05) is 0 Å². The van der Waals surface area contributed by atoms with Crippen molar-refractivity contribution in [2.24, 2.45) is 0 Å². The van der Waals surface area contributed by atoms with Crippen LogP contribution in [0.2, 0.25) is 0 Å². The van der Waals surface area contributed by atoms with E-state index in [1.54, 1.807) is 32.4 Å². The molecule has 2 atom stereocenters. The van der Waals surface area contributed by atoms with Gasteiger partial charge in [-0.05, 0) is 53.4 Å². The first kappa shape index (κ1) is 14.3. The van der Waals surface area contributed by atoms with Crippen molar-refractivity contribution < 1.29 is 14.3 Å². The summed E-state index contributed by atoms with van der Waals surface area (Å²) in [6, 6.07) is 5.53. The third-order valence-electron chi connectivity index (χ3n) is 3.47. The van der Waals surface area contributed by atoms with E-state index in [1.165, 1.54) is 0 Å². The smallest absolute Gasteiger partial charge is 0.251 e. The van der Waals surface area contributed by atoms with E-state index < -0.39 is 0 Å². The first-order chi connectivity index (χ1) is 9.13. The van der Waals surface area contributed by atoms with Crippen LogP contribution >= 0.6 is 15.9 Å². The number of ether oxygens (including phenoxy) is 2. The second-order valence-corrected chi connectivity index (χ2v) is 5.54. The number of methoxy groups -OCH3 is 2. The quantitative estimate of drug-likeness (QED) is 0.925. The molecule has 104 valence electrons. The van der Waals surface area contributed by atoms with Crippen molar-refractivity contribution in [3.63, 3.8) is 0 Å². The molecule has 0 radical (unpaired) electrons. The van der Waals surface area contributed by atoms with Gasteiger partial charge < -0.3 is 14.8 Å². The Morgan fingerprint density at radius 2 is 2.16 bits per heavy atom. The Morgan fingerprint density at radius 3 is 2.74 bits per heavy atom. The maximum atomic E-state index is 12.1. The highest BCUT2D eigenvalue weighted by Crippen LogP contribution is 2.26. The molecule has 1 amide bonds. The molecule has 1 saturated carbocycles. The Labute approximate surface area is 121 Å². The van der Waals surface area contributed by atoms with Crippen LogP contribution in [0.3, 0.4) is 0 Å². The maximum absolute atomic E-state index is 12.1. The third-order valence-corrected chi connectivity index (χ3v) is 4.09. The van der Waals surface area contributed by atoms with Gasteiger partial charge in [-0.2, -0.15) is 0 Å². The Hall–Kier alpha value is -1.07. The average molecular weight is 328 g/mol. The molecular formula is C14H18BrNO3. The van der Waals surface area contributed by atoms with E-state index in [2.05, 4.69) is 21.2 Å². The number of hydrogen-bond donors (Lipinski definition) is 1. The van der Waals surface area contributed by atoms with E-state index in [1.807, 2.05) is 0 Å². The fourth-order valence-electron chi connectivity index (χ4n) is 2.36. The predicted molar refractivity (Wildman–Crippen MR) is 76.6 cm³/mol. The second kappa shape index (κ2) is 6.39. The second-order valence-electron chi connectivity index (χ2n) is 4.69. The Morgan fingerprint density at radius 1 is 1.37 bits per heavy atom. The summed E-state index contributed by atoms with van der Waals surface area (Å²) in [6.07, 6.45) is 3.14. The zero-order valence-corrected chi connectivity index (χ0v) is 12.7. The SMILES string of the molecule is COc1ccc(C(=O)NC2CCC(OC)C2)cc1Br. The van der Waals surface area contributed by atoms with E-state index in [0.717, 1.165) is 29.5 Å². The molecule has 4 nitrogen and oxygen atoms in total. The molecule has 19 heavy (non-hydrogen) atoms. The minimum absolute atomic E-state index is 0.0508. The van der Waals surface area contributed by atoms with E-state index in [4.69, 9.17) is 9.47 Å². The summed E-state index contributed by atoms with van der Waals surface area (Å²) in [5, 5.41) is 3.04. The maximum Gasteiger partial charge on any atom is 0.251 e. The summed E-state index contributed by atoms with van der Waals surface area (Å²) in [4.78, 5) is 12.1. The van der Waals surface area contributed by atoms with Gasteiger partial charge >= 0.3 is 0 Å². The van der Waals surface area contributed by atoms with Crippen LogP contribution in [0.5, 0.6) is 5.75 Å². The van der Waals surface area contributed by atoms with Crippen molar-refractivity contribution in [1.82, 2.24) is 5.32 Å². The molecule has 1 aromatic rings. The van der Waals surface area contributed by atoms with Gasteiger partial charge in [0.05, 0.1) is 17.7 Å². The summed E-state index contributed by atoms with van der Waals surface area (Å²) in [7, 11) is 3.32. The topological polar surface area (TPSA) is 47.6 Å². The van der Waals surface area contributed by atoms with Crippen LogP contribution in [-0.4, -0.2) is 32.3 Å². The molecule has 1 aromatic carbocycles. The van der Waals surface area contributed by atoms with Crippen LogP contribution in [0.1, 0.15) is 29.6 Å². The normalized spacial score (nSPS) is 22.3. The number of rotatable bonds is 4. The van der Waals surface area contributed by atoms with Gasteiger partial charge in [0.15, 0.2) is 0 Å². The lowest BCUT2D eigenvalue weighted by molar-refractivity contribution is 0.0915. The molecular weight excluding hydrogens is 310 g/mol. The lowest BCUT2D eigenvalue weighted by Gasteiger charge is -2.13. The molecule has 0 bridgehead atoms. The van der Waals surface area contributed by atoms with E-state index in [-0.39, 0.29) is 18.1 Å². The van der Waals surface area contributed by atoms with Crippen molar-refractivity contribution >= 4 is 21.8 Å². The summed E-state index contributed by atoms with van der Waals surface area (Å²) in [6.45, 7) is 0. The van der Waals surface area contributed by atoms with Crippen molar-refractivity contribution in [3.05, 3.63) is 28.2 Å². The molecule has 1 aliphatic carbocycles. The van der Waals surface area contributed by atoms with Gasteiger partial charge in [0, 0.05) is 18.7 Å². The van der Waals surface area contributed by atoms with Crippen LogP contribution < -0.4 is 10.1 Å². The van der Waals surface area contributed by atoms with Gasteiger partial charge in [0.1, 0.15) is 5.75 Å². The molecule has 1 fully saturated rings. The first-order valence-corrected chi connectivity index (χ1v) is 7.10. The third kappa shape index (κ3) is 3.48. The summed E-state index contributed by atoms with van der Waals surface area (Å²) in [5.41, 5.74) is 0.633. The fraction of sp³-hybridized carbons (Fsp3) is 0.500. The highest BCUT2D eigenvalue weighted by Gasteiger charge is 2.25. The molecule has 0 spiro atoms. The first-order valence-electron chi connectivity index (χ1n) is 6.31. The van der Waals surface area contributed by atoms with Crippen LogP contribution in [-0.2, 0) is 4.74 Å². The van der Waals surface area contributed by atoms with Crippen LogP contribution in [0.4, 0.5) is 0 Å². The molecule has 0 aliphatic heterocycles. The number of carbonyl (C=O) groups is 1. The molecule has 0 aromatic heterocycles. The number of benzene rings is 1. The van der Waals surface area contributed by atoms with Gasteiger partial charge in [-0.25, -0.2) is 0 Å². The number of halogens is 1. The van der Waals surface area contributed by atoms with Crippen LogP contribution in [0.25, 0.3) is 0 Å². The van der Waals surface area contributed by atoms with Crippen molar-refractivity contribution in [2.45, 2.75) is 31.4 Å². The molecule has 0 saturated heterocycles. The minimum atomic E-state index is -0.0508. The highest BCUT2D eigenvalue weighted by atomic mass is 79.9. The number of nitrogens with one attached hydrogen (secondary N) is 1. The Balaban J connectivity index is 1.98. The lowest BCUT2D eigenvalue weighted by atomic mass is 10.1. The molecule has 5 heteroatoms. The fourth-order valence-corrected chi connectivity index (χ4v) is 2.90. The Kier molecular flexibility index (Phi) is 4.82. The Bertz CT molecular complexity index is 464. The monoisotopic (exact) mass is 327 g/mol. The molecule has 1 N–H and O–H groups in total. The van der Waals surface area contributed by atoms with Crippen molar-refractivity contribution in [3.8, 4) is 5.75 Å². The minimum Gasteiger partial charge on any atom is -0.496 e. The van der Waals surface area contributed by atoms with Crippen LogP contribution in [0.15, 0.2) is 22.7 Å². The molecule has 2 rings (SSSR count). The number of carbonyl (C=O) groups excluding carboxylic acids is 1. The van der Waals surface area contributed by atoms with Gasteiger partial charge in [-0.15, -0.1) is 0 Å². The van der Waals surface area contributed by atoms with E-state index in [0.29, 0.717) is 5.56 Å². The predicted octanol–water partition coefficient (Wildman–Crippen LogP) is 2.76. The summed E-state index contributed by atoms with van der Waals surface area (Å²) in [5.74, 6) is 0.668. The molecule has 1 aliphatic rings. The lowest BCUT2D eigenvalue weighted by Crippen LogP contribution is -2.33. The highest BCUT2D eigenvalue weighted by molar-refractivity contribution is 9.10. The molecule has 2 unspecified atom stereocenters. The van der Waals surface area contributed by atoms with Gasteiger partial charge in [0.2, 0.25) is 0 Å². The molecule has 0 heterocycles. The summed E-state index contributed by atoms with van der Waals surface area (Å²) < 4.78 is 11.2. The summed E-state index contributed by atoms with van der Waals surface area (Å²) >= 11 is 3.38. The zero-order valence-electron chi connectivity index (χ0n) is 11.1.